The number of hydrogen-bond acceptors (Lipinski definition) is 5. The molecule has 1 aliphatic carbocycles. The number of benzene rings is 2. The Morgan fingerprint density at radius 1 is 1.14 bits per heavy atom. The average molecular weight is 477 g/mol. The first kappa shape index (κ1) is 23.4. The number of fused-ring (bicyclic) bond motifs is 2. The van der Waals surface area contributed by atoms with Gasteiger partial charge in [0.2, 0.25) is 5.91 Å². The highest BCUT2D eigenvalue weighted by Gasteiger charge is 2.55. The molecule has 2 saturated heterocycles. The first-order valence-electron chi connectivity index (χ1n) is 12.3. The van der Waals surface area contributed by atoms with Crippen molar-refractivity contribution in [1.82, 2.24) is 15.1 Å². The highest BCUT2D eigenvalue weighted by Crippen LogP contribution is 2.41. The van der Waals surface area contributed by atoms with E-state index in [1.54, 1.807) is 4.90 Å². The lowest BCUT2D eigenvalue weighted by Crippen LogP contribution is -2.46. The van der Waals surface area contributed by atoms with E-state index in [4.69, 9.17) is 4.74 Å². The van der Waals surface area contributed by atoms with Gasteiger partial charge in [0.05, 0.1) is 6.10 Å². The fraction of sp³-hybridized carbons (Fsp3) is 0.444. The second-order valence-electron chi connectivity index (χ2n) is 9.85. The maximum absolute atomic E-state index is 13.5. The van der Waals surface area contributed by atoms with Crippen LogP contribution in [-0.4, -0.2) is 67.5 Å². The van der Waals surface area contributed by atoms with Gasteiger partial charge in [-0.1, -0.05) is 36.4 Å². The summed E-state index contributed by atoms with van der Waals surface area (Å²) in [5.41, 5.74) is 2.91. The number of ether oxygens (including phenoxy) is 1. The zero-order valence-corrected chi connectivity index (χ0v) is 20.3. The molecule has 2 heterocycles. The number of carbonyl (C=O) groups is 3. The lowest BCUT2D eigenvalue weighted by Gasteiger charge is -2.28. The van der Waals surface area contributed by atoms with Gasteiger partial charge in [0, 0.05) is 39.5 Å². The van der Waals surface area contributed by atoms with Gasteiger partial charge in [-0.15, -0.1) is 0 Å². The number of rotatable bonds is 7. The molecule has 8 nitrogen and oxygen atoms in total. The Morgan fingerprint density at radius 3 is 2.63 bits per heavy atom. The predicted molar refractivity (Wildman–Crippen MR) is 132 cm³/mol. The Morgan fingerprint density at radius 2 is 1.91 bits per heavy atom. The molecule has 2 unspecified atom stereocenters. The minimum Gasteiger partial charge on any atom is -0.378 e. The maximum Gasteiger partial charge on any atom is 0.325 e. The van der Waals surface area contributed by atoms with Crippen molar-refractivity contribution in [2.24, 2.45) is 0 Å². The van der Waals surface area contributed by atoms with Crippen LogP contribution in [-0.2, 0) is 32.8 Å². The summed E-state index contributed by atoms with van der Waals surface area (Å²) >= 11 is 0. The Bertz CT molecular complexity index is 1130. The van der Waals surface area contributed by atoms with Crippen molar-refractivity contribution in [3.63, 3.8) is 0 Å². The number of anilines is 1. The zero-order chi connectivity index (χ0) is 24.6. The van der Waals surface area contributed by atoms with Gasteiger partial charge >= 0.3 is 6.03 Å². The van der Waals surface area contributed by atoms with Crippen molar-refractivity contribution in [2.75, 3.05) is 38.7 Å². The lowest BCUT2D eigenvalue weighted by atomic mass is 9.92. The van der Waals surface area contributed by atoms with E-state index in [9.17, 15) is 14.4 Å². The molecule has 2 atom stereocenters. The standard InChI is InChI=1S/C27H32N4O4/c1-29(2)21-11-9-19(10-12-21)16-30(17-22-7-5-15-35-22)24(32)18-31-25(33)27(28-26(31)34)14-13-20-6-3-4-8-23(20)27/h3-4,6,8-12,22H,5,7,13-18H2,1-2H3,(H,28,34). The van der Waals surface area contributed by atoms with E-state index < -0.39 is 11.6 Å². The van der Waals surface area contributed by atoms with Crippen LogP contribution >= 0.6 is 0 Å². The fourth-order valence-corrected chi connectivity index (χ4v) is 5.38. The van der Waals surface area contributed by atoms with Crippen LogP contribution in [0, 0.1) is 0 Å². The normalized spacial score (nSPS) is 23.0. The number of hydrogen-bond donors (Lipinski definition) is 1. The molecule has 8 heteroatoms. The largest absolute Gasteiger partial charge is 0.378 e. The molecular weight excluding hydrogens is 444 g/mol. The number of amides is 4. The van der Waals surface area contributed by atoms with Crippen molar-refractivity contribution in [1.29, 1.82) is 0 Å². The molecule has 2 fully saturated rings. The molecular formula is C27H32N4O4. The highest BCUT2D eigenvalue weighted by atomic mass is 16.5. The molecule has 2 aromatic rings. The second-order valence-corrected chi connectivity index (χ2v) is 9.85. The number of aryl methyl sites for hydroxylation is 1. The summed E-state index contributed by atoms with van der Waals surface area (Å²) in [5.74, 6) is -0.600. The van der Waals surface area contributed by atoms with Gasteiger partial charge < -0.3 is 19.9 Å². The van der Waals surface area contributed by atoms with Gasteiger partial charge in [-0.25, -0.2) is 4.79 Å². The summed E-state index contributed by atoms with van der Waals surface area (Å²) in [6, 6.07) is 15.2. The number of imide groups is 1. The molecule has 3 aliphatic rings. The van der Waals surface area contributed by atoms with Gasteiger partial charge in [0.25, 0.3) is 5.91 Å². The third kappa shape index (κ3) is 4.38. The van der Waals surface area contributed by atoms with E-state index in [2.05, 4.69) is 5.32 Å². The summed E-state index contributed by atoms with van der Waals surface area (Å²) < 4.78 is 5.79. The first-order chi connectivity index (χ1) is 16.9. The second kappa shape index (κ2) is 9.34. The molecule has 5 rings (SSSR count). The third-order valence-electron chi connectivity index (χ3n) is 7.34. The van der Waals surface area contributed by atoms with Gasteiger partial charge in [-0.05, 0) is 54.5 Å². The quantitative estimate of drug-likeness (QED) is 0.622. The summed E-state index contributed by atoms with van der Waals surface area (Å²) in [6.45, 7) is 1.24. The molecule has 0 radical (unpaired) electrons. The van der Waals surface area contributed by atoms with Crippen molar-refractivity contribution in [3.05, 3.63) is 65.2 Å². The van der Waals surface area contributed by atoms with Crippen LogP contribution in [0.3, 0.4) is 0 Å². The monoisotopic (exact) mass is 476 g/mol. The molecule has 1 N–H and O–H groups in total. The smallest absolute Gasteiger partial charge is 0.325 e. The first-order valence-corrected chi connectivity index (χ1v) is 12.3. The molecule has 35 heavy (non-hydrogen) atoms. The Labute approximate surface area is 205 Å². The minimum atomic E-state index is -1.06. The summed E-state index contributed by atoms with van der Waals surface area (Å²) in [6.07, 6.45) is 3.07. The molecule has 1 spiro atoms. The maximum atomic E-state index is 13.5. The fourth-order valence-electron chi connectivity index (χ4n) is 5.38. The van der Waals surface area contributed by atoms with E-state index in [-0.39, 0.29) is 24.5 Å². The molecule has 0 bridgehead atoms. The summed E-state index contributed by atoms with van der Waals surface area (Å²) in [5, 5.41) is 2.91. The van der Waals surface area contributed by atoms with Crippen LogP contribution in [0.4, 0.5) is 10.5 Å². The van der Waals surface area contributed by atoms with Crippen LogP contribution in [0.15, 0.2) is 48.5 Å². The number of carbonyl (C=O) groups excluding carboxylic acids is 3. The zero-order valence-electron chi connectivity index (χ0n) is 20.3. The molecule has 4 amide bonds. The van der Waals surface area contributed by atoms with E-state index in [0.29, 0.717) is 26.1 Å². The summed E-state index contributed by atoms with van der Waals surface area (Å²) in [7, 11) is 3.96. The van der Waals surface area contributed by atoms with Crippen molar-refractivity contribution < 1.29 is 19.1 Å². The molecule has 2 aliphatic heterocycles. The molecule has 2 aromatic carbocycles. The SMILES string of the molecule is CN(C)c1ccc(CN(CC2CCCO2)C(=O)CN2C(=O)NC3(CCc4ccccc43)C2=O)cc1. The number of nitrogens with zero attached hydrogens (tertiary/aromatic N) is 3. The van der Waals surface area contributed by atoms with Crippen molar-refractivity contribution in [3.8, 4) is 0 Å². The van der Waals surface area contributed by atoms with Crippen LogP contribution < -0.4 is 10.2 Å². The Hall–Kier alpha value is -3.39. The minimum absolute atomic E-state index is 0.0313. The van der Waals surface area contributed by atoms with Crippen molar-refractivity contribution >= 4 is 23.5 Å². The van der Waals surface area contributed by atoms with E-state index >= 15 is 0 Å². The van der Waals surface area contributed by atoms with Gasteiger partial charge in [0.1, 0.15) is 12.1 Å². The van der Waals surface area contributed by atoms with Gasteiger partial charge in [0.15, 0.2) is 0 Å². The van der Waals surface area contributed by atoms with E-state index in [0.717, 1.165) is 46.5 Å². The van der Waals surface area contributed by atoms with Crippen LogP contribution in [0.5, 0.6) is 0 Å². The Kier molecular flexibility index (Phi) is 6.23. The molecule has 0 aromatic heterocycles. The third-order valence-corrected chi connectivity index (χ3v) is 7.34. The van der Waals surface area contributed by atoms with Crippen LogP contribution in [0.2, 0.25) is 0 Å². The Balaban J connectivity index is 1.33. The van der Waals surface area contributed by atoms with Gasteiger partial charge in [-0.2, -0.15) is 0 Å². The van der Waals surface area contributed by atoms with Gasteiger partial charge in [-0.3, -0.25) is 14.5 Å². The van der Waals surface area contributed by atoms with Crippen LogP contribution in [0.1, 0.15) is 36.0 Å². The van der Waals surface area contributed by atoms with Crippen LogP contribution in [0.25, 0.3) is 0 Å². The lowest BCUT2D eigenvalue weighted by molar-refractivity contribution is -0.140. The predicted octanol–water partition coefficient (Wildman–Crippen LogP) is 2.65. The van der Waals surface area contributed by atoms with E-state index in [1.807, 2.05) is 67.5 Å². The highest BCUT2D eigenvalue weighted by molar-refractivity contribution is 6.09. The summed E-state index contributed by atoms with van der Waals surface area (Å²) in [4.78, 5) is 44.7. The average Bonchev–Trinajstić information content (AvgIpc) is 3.55. The topological polar surface area (TPSA) is 82.2 Å². The number of nitrogens with one attached hydrogen (secondary N) is 1. The molecule has 0 saturated carbocycles. The van der Waals surface area contributed by atoms with Crippen molar-refractivity contribution in [2.45, 2.75) is 43.9 Å². The number of urea groups is 1. The molecule has 184 valence electrons. The van der Waals surface area contributed by atoms with E-state index in [1.165, 1.54) is 0 Å².